The Morgan fingerprint density at radius 2 is 1.24 bits per heavy atom. The fourth-order valence-electron chi connectivity index (χ4n) is 5.19. The Balaban J connectivity index is 1.81. The lowest BCUT2D eigenvalue weighted by atomic mass is 9.78. The van der Waals surface area contributed by atoms with Gasteiger partial charge in [0.15, 0.2) is 8.32 Å². The second-order valence-corrected chi connectivity index (χ2v) is 16.1. The normalized spacial score (nSPS) is 17.5. The summed E-state index contributed by atoms with van der Waals surface area (Å²) >= 11 is 0. The van der Waals surface area contributed by atoms with Crippen molar-refractivity contribution >= 4 is 29.9 Å². The second-order valence-electron chi connectivity index (χ2n) is 11.4. The Labute approximate surface area is 205 Å². The van der Waals surface area contributed by atoms with Crippen LogP contribution in [-0.2, 0) is 10.0 Å². The Hall–Kier alpha value is -2.46. The van der Waals surface area contributed by atoms with Crippen LogP contribution in [0.15, 0.2) is 84.9 Å². The fraction of sp³-hybridized carbons (Fsp3) is 0.355. The van der Waals surface area contributed by atoms with E-state index in [2.05, 4.69) is 124 Å². The highest BCUT2D eigenvalue weighted by Gasteiger charge is 2.51. The van der Waals surface area contributed by atoms with Crippen LogP contribution in [0.4, 0.5) is 0 Å². The lowest BCUT2D eigenvalue weighted by Crippen LogP contribution is -2.56. The minimum absolute atomic E-state index is 0.102. The van der Waals surface area contributed by atoms with Crippen molar-refractivity contribution in [3.05, 3.63) is 96.1 Å². The van der Waals surface area contributed by atoms with Gasteiger partial charge in [0.05, 0.1) is 0 Å². The molecule has 5 rings (SSSR count). The van der Waals surface area contributed by atoms with Crippen LogP contribution >= 0.6 is 0 Å². The van der Waals surface area contributed by atoms with Crippen LogP contribution in [0.1, 0.15) is 44.7 Å². The van der Waals surface area contributed by atoms with Crippen molar-refractivity contribution in [2.45, 2.75) is 63.4 Å². The molecule has 176 valence electrons. The van der Waals surface area contributed by atoms with Crippen molar-refractivity contribution < 1.29 is 4.43 Å². The molecule has 0 unspecified atom stereocenters. The highest BCUT2D eigenvalue weighted by molar-refractivity contribution is 6.74. The Bertz CT molecular complexity index is 1230. The van der Waals surface area contributed by atoms with Crippen molar-refractivity contribution in [1.29, 1.82) is 0 Å². The van der Waals surface area contributed by atoms with E-state index in [1.807, 2.05) is 0 Å². The van der Waals surface area contributed by atoms with Gasteiger partial charge in [-0.1, -0.05) is 93.6 Å². The highest BCUT2D eigenvalue weighted by Crippen LogP contribution is 2.48. The maximum Gasteiger partial charge on any atom is 0.193 e. The fourth-order valence-corrected chi connectivity index (χ4v) is 6.67. The predicted octanol–water partition coefficient (Wildman–Crippen LogP) is 8.01. The molecule has 2 nitrogen and oxygen atoms in total. The zero-order valence-corrected chi connectivity index (χ0v) is 22.2. The summed E-state index contributed by atoms with van der Waals surface area (Å²) in [5.41, 5.74) is 1.96. The van der Waals surface area contributed by atoms with Crippen LogP contribution in [0.5, 0.6) is 0 Å². The first-order valence-corrected chi connectivity index (χ1v) is 15.5. The number of nitrogens with one attached hydrogen (secondary N) is 1. The number of hydrogen-bond donors (Lipinski definition) is 1. The molecule has 1 aliphatic heterocycles. The summed E-state index contributed by atoms with van der Waals surface area (Å²) in [4.78, 5) is 0. The van der Waals surface area contributed by atoms with Crippen LogP contribution < -0.4 is 5.32 Å². The number of benzene rings is 4. The summed E-state index contributed by atoms with van der Waals surface area (Å²) in [5, 5.41) is 9.03. The van der Waals surface area contributed by atoms with Gasteiger partial charge in [0.25, 0.3) is 0 Å². The van der Waals surface area contributed by atoms with Crippen molar-refractivity contribution in [3.8, 4) is 0 Å². The first kappa shape index (κ1) is 23.3. The molecule has 0 radical (unpaired) electrons. The summed E-state index contributed by atoms with van der Waals surface area (Å²) in [7, 11) is -2.15. The van der Waals surface area contributed by atoms with Crippen molar-refractivity contribution in [1.82, 2.24) is 5.32 Å². The van der Waals surface area contributed by atoms with Crippen LogP contribution in [0.3, 0.4) is 0 Å². The molecule has 1 saturated heterocycles. The Morgan fingerprint density at radius 1 is 0.735 bits per heavy atom. The van der Waals surface area contributed by atoms with E-state index in [4.69, 9.17) is 4.43 Å². The van der Waals surface area contributed by atoms with E-state index < -0.39 is 13.9 Å². The molecule has 34 heavy (non-hydrogen) atoms. The van der Waals surface area contributed by atoms with Gasteiger partial charge in [-0.2, -0.15) is 0 Å². The van der Waals surface area contributed by atoms with E-state index in [-0.39, 0.29) is 11.1 Å². The van der Waals surface area contributed by atoms with Crippen molar-refractivity contribution in [2.75, 3.05) is 6.54 Å². The molecule has 3 heteroatoms. The maximum absolute atomic E-state index is 7.62. The van der Waals surface area contributed by atoms with Crippen LogP contribution in [0.2, 0.25) is 18.1 Å². The topological polar surface area (TPSA) is 21.3 Å². The third-order valence-electron chi connectivity index (χ3n) is 8.13. The molecule has 0 aromatic heterocycles. The van der Waals surface area contributed by atoms with E-state index in [1.54, 1.807) is 0 Å². The van der Waals surface area contributed by atoms with Crippen LogP contribution in [0, 0.1) is 0 Å². The minimum atomic E-state index is -2.15. The molecule has 1 atom stereocenters. The third kappa shape index (κ3) is 4.00. The second kappa shape index (κ2) is 8.64. The summed E-state index contributed by atoms with van der Waals surface area (Å²) in [6.07, 6.45) is 2.28. The van der Waals surface area contributed by atoms with Gasteiger partial charge < -0.3 is 9.74 Å². The molecule has 0 spiro atoms. The van der Waals surface area contributed by atoms with E-state index in [0.717, 1.165) is 13.0 Å². The third-order valence-corrected chi connectivity index (χ3v) is 12.6. The van der Waals surface area contributed by atoms with Crippen molar-refractivity contribution in [3.63, 3.8) is 0 Å². The number of rotatable bonds is 5. The maximum atomic E-state index is 7.62. The Kier molecular flexibility index (Phi) is 5.92. The lowest BCUT2D eigenvalue weighted by molar-refractivity contribution is 0.0565. The average Bonchev–Trinajstić information content (AvgIpc) is 3.36. The molecule has 0 aliphatic carbocycles. The molecule has 4 aromatic carbocycles. The van der Waals surface area contributed by atoms with Crippen LogP contribution in [-0.4, -0.2) is 20.9 Å². The summed E-state index contributed by atoms with van der Waals surface area (Å²) in [6, 6.07) is 31.4. The summed E-state index contributed by atoms with van der Waals surface area (Å²) < 4.78 is 7.62. The summed E-state index contributed by atoms with van der Waals surface area (Å²) in [6.45, 7) is 12.8. The van der Waals surface area contributed by atoms with Crippen molar-refractivity contribution in [2.24, 2.45) is 0 Å². The average molecular weight is 468 g/mol. The van der Waals surface area contributed by atoms with Gasteiger partial charge in [0.2, 0.25) is 0 Å². The van der Waals surface area contributed by atoms with Crippen LogP contribution in [0.25, 0.3) is 21.5 Å². The van der Waals surface area contributed by atoms with E-state index in [0.29, 0.717) is 0 Å². The molecule has 4 aromatic rings. The van der Waals surface area contributed by atoms with Gasteiger partial charge in [0, 0.05) is 6.04 Å². The van der Waals surface area contributed by atoms with E-state index >= 15 is 0 Å². The molecule has 0 bridgehead atoms. The van der Waals surface area contributed by atoms with Gasteiger partial charge in [0.1, 0.15) is 5.60 Å². The monoisotopic (exact) mass is 467 g/mol. The first-order chi connectivity index (χ1) is 16.2. The van der Waals surface area contributed by atoms with Gasteiger partial charge in [-0.15, -0.1) is 0 Å². The zero-order valence-electron chi connectivity index (χ0n) is 21.2. The molecule has 1 heterocycles. The van der Waals surface area contributed by atoms with E-state index in [9.17, 15) is 0 Å². The first-order valence-electron chi connectivity index (χ1n) is 12.6. The highest BCUT2D eigenvalue weighted by atomic mass is 28.4. The molecule has 0 saturated carbocycles. The van der Waals surface area contributed by atoms with E-state index in [1.165, 1.54) is 39.1 Å². The predicted molar refractivity (Wildman–Crippen MR) is 148 cm³/mol. The Morgan fingerprint density at radius 3 is 1.68 bits per heavy atom. The quantitative estimate of drug-likeness (QED) is 0.300. The molecule has 1 aliphatic rings. The SMILES string of the molecule is CC(C)(C)[Si](C)(C)OC(c1ccc2ccccc2c1)(c1ccc2ccccc2c1)[C@@H]1CCCN1. The molecular formula is C31H37NOSi. The molecular weight excluding hydrogens is 430 g/mol. The number of fused-ring (bicyclic) bond motifs is 2. The zero-order chi connectivity index (χ0) is 24.0. The smallest absolute Gasteiger partial charge is 0.193 e. The molecule has 1 N–H and O–H groups in total. The van der Waals surface area contributed by atoms with Gasteiger partial charge in [-0.05, 0) is 82.3 Å². The largest absolute Gasteiger partial charge is 0.402 e. The van der Waals surface area contributed by atoms with Gasteiger partial charge in [-0.25, -0.2) is 0 Å². The summed E-state index contributed by atoms with van der Waals surface area (Å²) in [5.74, 6) is 0. The molecule has 0 amide bonds. The van der Waals surface area contributed by atoms with Gasteiger partial charge in [-0.3, -0.25) is 0 Å². The minimum Gasteiger partial charge on any atom is -0.402 e. The number of hydrogen-bond acceptors (Lipinski definition) is 2. The molecule has 1 fully saturated rings. The standard InChI is InChI=1S/C31H37NOSi/c1-30(2,3)34(4,5)33-31(29-15-10-20-32-29,27-18-16-23-11-6-8-13-25(23)21-27)28-19-17-24-12-7-9-14-26(24)22-28/h6-9,11-14,16-19,21-22,29,32H,10,15,20H2,1-5H3/t29-/m0/s1. The van der Waals surface area contributed by atoms with Gasteiger partial charge >= 0.3 is 0 Å². The lowest BCUT2D eigenvalue weighted by Gasteiger charge is -2.49.